The summed E-state index contributed by atoms with van der Waals surface area (Å²) in [6.45, 7) is 5.89. The van der Waals surface area contributed by atoms with Crippen LogP contribution in [0.4, 0.5) is 0 Å². The molecule has 4 nitrogen and oxygen atoms in total. The van der Waals surface area contributed by atoms with E-state index in [1.54, 1.807) is 6.92 Å². The van der Waals surface area contributed by atoms with Crippen molar-refractivity contribution >= 4 is 21.8 Å². The lowest BCUT2D eigenvalue weighted by Gasteiger charge is -2.13. The third-order valence-electron chi connectivity index (χ3n) is 2.82. The summed E-state index contributed by atoms with van der Waals surface area (Å²) in [5, 5.41) is 2.87. The Morgan fingerprint density at radius 3 is 2.80 bits per heavy atom. The standard InChI is InChI=1S/C15H22BrNO3/c1-3-19-10-11-20-12(2)15(18)17-9-8-13-6-4-5-7-14(13)16/h4-7,12H,3,8-11H2,1-2H3,(H,17,18)/t12-/m0/s1. The Kier molecular flexibility index (Phi) is 8.49. The fraction of sp³-hybridized carbons (Fsp3) is 0.533. The molecule has 0 aliphatic heterocycles. The summed E-state index contributed by atoms with van der Waals surface area (Å²) in [6, 6.07) is 8.00. The van der Waals surface area contributed by atoms with Gasteiger partial charge < -0.3 is 14.8 Å². The lowest BCUT2D eigenvalue weighted by atomic mass is 10.1. The zero-order valence-electron chi connectivity index (χ0n) is 12.0. The number of carbonyl (C=O) groups excluding carboxylic acids is 1. The Labute approximate surface area is 129 Å². The Bertz CT molecular complexity index is 412. The van der Waals surface area contributed by atoms with Crippen molar-refractivity contribution in [3.05, 3.63) is 34.3 Å². The molecule has 20 heavy (non-hydrogen) atoms. The van der Waals surface area contributed by atoms with E-state index in [1.165, 1.54) is 5.56 Å². The molecule has 1 N–H and O–H groups in total. The van der Waals surface area contributed by atoms with E-state index < -0.39 is 6.10 Å². The molecule has 0 unspecified atom stereocenters. The number of rotatable bonds is 9. The Morgan fingerprint density at radius 2 is 2.10 bits per heavy atom. The predicted molar refractivity (Wildman–Crippen MR) is 82.8 cm³/mol. The van der Waals surface area contributed by atoms with Gasteiger partial charge in [0.05, 0.1) is 13.2 Å². The molecule has 0 radical (unpaired) electrons. The highest BCUT2D eigenvalue weighted by atomic mass is 79.9. The summed E-state index contributed by atoms with van der Waals surface area (Å²) in [5.41, 5.74) is 1.18. The maximum atomic E-state index is 11.8. The van der Waals surface area contributed by atoms with Crippen molar-refractivity contribution in [3.8, 4) is 0 Å². The van der Waals surface area contributed by atoms with Crippen LogP contribution >= 0.6 is 15.9 Å². The molecule has 1 rings (SSSR count). The molecule has 0 aliphatic rings. The second-order valence-corrected chi connectivity index (χ2v) is 5.20. The van der Waals surface area contributed by atoms with Gasteiger partial charge in [-0.25, -0.2) is 0 Å². The highest BCUT2D eigenvalue weighted by molar-refractivity contribution is 9.10. The molecule has 0 fully saturated rings. The second kappa shape index (κ2) is 9.91. The van der Waals surface area contributed by atoms with Gasteiger partial charge in [0.2, 0.25) is 5.91 Å². The number of halogens is 1. The van der Waals surface area contributed by atoms with Gasteiger partial charge in [-0.2, -0.15) is 0 Å². The first-order chi connectivity index (χ1) is 9.65. The number of amides is 1. The molecule has 1 atom stereocenters. The minimum Gasteiger partial charge on any atom is -0.379 e. The van der Waals surface area contributed by atoms with Gasteiger partial charge in [0.25, 0.3) is 0 Å². The van der Waals surface area contributed by atoms with Crippen molar-refractivity contribution in [2.45, 2.75) is 26.4 Å². The molecule has 0 aliphatic carbocycles. The number of nitrogens with one attached hydrogen (secondary N) is 1. The highest BCUT2D eigenvalue weighted by Crippen LogP contribution is 2.15. The Hall–Kier alpha value is -0.910. The minimum absolute atomic E-state index is 0.0893. The van der Waals surface area contributed by atoms with Gasteiger partial charge in [0.15, 0.2) is 0 Å². The molecule has 5 heteroatoms. The van der Waals surface area contributed by atoms with Crippen LogP contribution in [0.15, 0.2) is 28.7 Å². The topological polar surface area (TPSA) is 47.6 Å². The first-order valence-electron chi connectivity index (χ1n) is 6.85. The van der Waals surface area contributed by atoms with Crippen LogP contribution in [-0.2, 0) is 20.7 Å². The lowest BCUT2D eigenvalue weighted by molar-refractivity contribution is -0.132. The third-order valence-corrected chi connectivity index (χ3v) is 3.59. The molecule has 1 aromatic rings. The van der Waals surface area contributed by atoms with E-state index in [1.807, 2.05) is 31.2 Å². The maximum absolute atomic E-state index is 11.8. The van der Waals surface area contributed by atoms with Crippen molar-refractivity contribution < 1.29 is 14.3 Å². The van der Waals surface area contributed by atoms with Crippen LogP contribution in [0.2, 0.25) is 0 Å². The summed E-state index contributed by atoms with van der Waals surface area (Å²) in [5.74, 6) is -0.0893. The maximum Gasteiger partial charge on any atom is 0.248 e. The van der Waals surface area contributed by atoms with Crippen molar-refractivity contribution in [3.63, 3.8) is 0 Å². The summed E-state index contributed by atoms with van der Waals surface area (Å²) in [6.07, 6.45) is 0.341. The van der Waals surface area contributed by atoms with Crippen LogP contribution in [0, 0.1) is 0 Å². The number of carbonyl (C=O) groups is 1. The summed E-state index contributed by atoms with van der Waals surface area (Å²) < 4.78 is 11.6. The van der Waals surface area contributed by atoms with Crippen molar-refractivity contribution in [1.29, 1.82) is 0 Å². The molecule has 0 aromatic heterocycles. The number of hydrogen-bond acceptors (Lipinski definition) is 3. The van der Waals surface area contributed by atoms with E-state index in [4.69, 9.17) is 9.47 Å². The van der Waals surface area contributed by atoms with Gasteiger partial charge in [0, 0.05) is 17.6 Å². The fourth-order valence-electron chi connectivity index (χ4n) is 1.67. The quantitative estimate of drug-likeness (QED) is 0.701. The molecule has 0 spiro atoms. The molecular weight excluding hydrogens is 322 g/mol. The molecule has 0 saturated carbocycles. The van der Waals surface area contributed by atoms with Crippen LogP contribution in [-0.4, -0.2) is 38.4 Å². The lowest BCUT2D eigenvalue weighted by Crippen LogP contribution is -2.36. The summed E-state index contributed by atoms with van der Waals surface area (Å²) >= 11 is 3.49. The molecular formula is C15H22BrNO3. The van der Waals surface area contributed by atoms with Crippen LogP contribution in [0.5, 0.6) is 0 Å². The zero-order valence-corrected chi connectivity index (χ0v) is 13.6. The fourth-order valence-corrected chi connectivity index (χ4v) is 2.15. The first-order valence-corrected chi connectivity index (χ1v) is 7.65. The monoisotopic (exact) mass is 343 g/mol. The molecule has 0 heterocycles. The largest absolute Gasteiger partial charge is 0.379 e. The summed E-state index contributed by atoms with van der Waals surface area (Å²) in [4.78, 5) is 11.8. The molecule has 1 aromatic carbocycles. The average Bonchev–Trinajstić information content (AvgIpc) is 2.45. The van der Waals surface area contributed by atoms with Gasteiger partial charge in [-0.15, -0.1) is 0 Å². The van der Waals surface area contributed by atoms with E-state index in [9.17, 15) is 4.79 Å². The van der Waals surface area contributed by atoms with Crippen molar-refractivity contribution in [2.75, 3.05) is 26.4 Å². The van der Waals surface area contributed by atoms with Crippen LogP contribution < -0.4 is 5.32 Å². The zero-order chi connectivity index (χ0) is 14.8. The summed E-state index contributed by atoms with van der Waals surface area (Å²) in [7, 11) is 0. The van der Waals surface area contributed by atoms with Crippen molar-refractivity contribution in [2.24, 2.45) is 0 Å². The Morgan fingerprint density at radius 1 is 1.35 bits per heavy atom. The molecule has 1 amide bonds. The third kappa shape index (κ3) is 6.50. The number of benzene rings is 1. The number of hydrogen-bond donors (Lipinski definition) is 1. The highest BCUT2D eigenvalue weighted by Gasteiger charge is 2.12. The van der Waals surface area contributed by atoms with Crippen LogP contribution in [0.25, 0.3) is 0 Å². The Balaban J connectivity index is 2.21. The van der Waals surface area contributed by atoms with E-state index >= 15 is 0 Å². The van der Waals surface area contributed by atoms with Gasteiger partial charge in [-0.1, -0.05) is 34.1 Å². The van der Waals surface area contributed by atoms with Gasteiger partial charge >= 0.3 is 0 Å². The normalized spacial score (nSPS) is 12.2. The van der Waals surface area contributed by atoms with Gasteiger partial charge in [-0.3, -0.25) is 4.79 Å². The molecule has 0 bridgehead atoms. The average molecular weight is 344 g/mol. The second-order valence-electron chi connectivity index (χ2n) is 4.34. The van der Waals surface area contributed by atoms with E-state index in [2.05, 4.69) is 21.2 Å². The number of ether oxygens (including phenoxy) is 2. The van der Waals surface area contributed by atoms with E-state index in [0.29, 0.717) is 26.4 Å². The predicted octanol–water partition coefficient (Wildman–Crippen LogP) is 2.55. The smallest absolute Gasteiger partial charge is 0.248 e. The van der Waals surface area contributed by atoms with Gasteiger partial charge in [-0.05, 0) is 31.9 Å². The molecule has 112 valence electrons. The first kappa shape index (κ1) is 17.1. The van der Waals surface area contributed by atoms with Gasteiger partial charge in [0.1, 0.15) is 6.10 Å². The van der Waals surface area contributed by atoms with Crippen molar-refractivity contribution in [1.82, 2.24) is 5.32 Å². The van der Waals surface area contributed by atoms with E-state index in [0.717, 1.165) is 10.9 Å². The van der Waals surface area contributed by atoms with Crippen LogP contribution in [0.3, 0.4) is 0 Å². The SMILES string of the molecule is CCOCCO[C@@H](C)C(=O)NCCc1ccccc1Br. The minimum atomic E-state index is -0.449. The molecule has 0 saturated heterocycles. The van der Waals surface area contributed by atoms with E-state index in [-0.39, 0.29) is 5.91 Å². The van der Waals surface area contributed by atoms with Crippen LogP contribution in [0.1, 0.15) is 19.4 Å².